The molecule has 3 rings (SSSR count). The molecule has 1 aromatic carbocycles. The van der Waals surface area contributed by atoms with Crippen molar-refractivity contribution >= 4 is 23.2 Å². The number of carbonyl (C=O) groups is 1. The molecule has 0 radical (unpaired) electrons. The van der Waals surface area contributed by atoms with Gasteiger partial charge in [-0.3, -0.25) is 9.78 Å². The van der Waals surface area contributed by atoms with Crippen molar-refractivity contribution in [2.45, 2.75) is 33.1 Å². The summed E-state index contributed by atoms with van der Waals surface area (Å²) in [5.41, 5.74) is 4.99. The van der Waals surface area contributed by atoms with Crippen LogP contribution >= 0.6 is 11.6 Å². The lowest BCUT2D eigenvalue weighted by Crippen LogP contribution is -2.36. The second-order valence-electron chi connectivity index (χ2n) is 5.68. The monoisotopic (exact) mass is 314 g/mol. The van der Waals surface area contributed by atoms with Gasteiger partial charge >= 0.3 is 0 Å². The number of benzene rings is 1. The van der Waals surface area contributed by atoms with Crippen molar-refractivity contribution in [3.8, 4) is 0 Å². The molecule has 0 N–H and O–H groups in total. The van der Waals surface area contributed by atoms with Crippen LogP contribution in [0, 0.1) is 6.92 Å². The van der Waals surface area contributed by atoms with Crippen molar-refractivity contribution in [2.24, 2.45) is 0 Å². The maximum atomic E-state index is 13.0. The minimum atomic E-state index is 0.0608. The highest BCUT2D eigenvalue weighted by atomic mass is 35.5. The summed E-state index contributed by atoms with van der Waals surface area (Å²) >= 11 is 6.16. The lowest BCUT2D eigenvalue weighted by molar-refractivity contribution is 0.0984. The van der Waals surface area contributed by atoms with Crippen LogP contribution in [0.2, 0.25) is 5.02 Å². The number of rotatable bonds is 2. The average molecular weight is 315 g/mol. The zero-order valence-corrected chi connectivity index (χ0v) is 13.7. The third-order valence-electron chi connectivity index (χ3n) is 4.20. The van der Waals surface area contributed by atoms with E-state index in [2.05, 4.69) is 4.98 Å². The first kappa shape index (κ1) is 15.0. The van der Waals surface area contributed by atoms with Gasteiger partial charge in [-0.1, -0.05) is 18.5 Å². The molecule has 0 atom stereocenters. The third-order valence-corrected chi connectivity index (χ3v) is 4.42. The molecule has 0 unspecified atom stereocenters. The first-order chi connectivity index (χ1) is 10.6. The largest absolute Gasteiger partial charge is 0.308 e. The fourth-order valence-corrected chi connectivity index (χ4v) is 3.48. The van der Waals surface area contributed by atoms with Gasteiger partial charge in [0.2, 0.25) is 0 Å². The van der Waals surface area contributed by atoms with Crippen LogP contribution in [0.5, 0.6) is 0 Å². The molecular weight excluding hydrogens is 296 g/mol. The van der Waals surface area contributed by atoms with Crippen LogP contribution in [0.3, 0.4) is 0 Å². The number of aryl methyl sites for hydroxylation is 3. The predicted molar refractivity (Wildman–Crippen MR) is 89.8 cm³/mol. The van der Waals surface area contributed by atoms with E-state index in [0.29, 0.717) is 0 Å². The maximum Gasteiger partial charge on any atom is 0.258 e. The van der Waals surface area contributed by atoms with Crippen LogP contribution < -0.4 is 4.90 Å². The quantitative estimate of drug-likeness (QED) is 0.832. The number of pyridine rings is 1. The van der Waals surface area contributed by atoms with E-state index in [9.17, 15) is 4.79 Å². The van der Waals surface area contributed by atoms with Gasteiger partial charge in [0, 0.05) is 29.5 Å². The van der Waals surface area contributed by atoms with Crippen LogP contribution in [-0.2, 0) is 12.8 Å². The van der Waals surface area contributed by atoms with E-state index < -0.39 is 0 Å². The summed E-state index contributed by atoms with van der Waals surface area (Å²) in [4.78, 5) is 19.1. The number of hydrogen-bond donors (Lipinski definition) is 0. The molecule has 1 aliphatic rings. The van der Waals surface area contributed by atoms with Gasteiger partial charge in [-0.05, 0) is 61.1 Å². The van der Waals surface area contributed by atoms with Gasteiger partial charge < -0.3 is 4.90 Å². The molecule has 0 bridgehead atoms. The summed E-state index contributed by atoms with van der Waals surface area (Å²) in [6.45, 7) is 4.81. The van der Waals surface area contributed by atoms with E-state index in [1.807, 2.05) is 36.9 Å². The number of halogens is 1. The molecule has 3 nitrogen and oxygen atoms in total. The summed E-state index contributed by atoms with van der Waals surface area (Å²) < 4.78 is 0. The van der Waals surface area contributed by atoms with Crippen LogP contribution in [0.4, 0.5) is 5.69 Å². The Balaban J connectivity index is 2.06. The second-order valence-corrected chi connectivity index (χ2v) is 6.11. The molecule has 114 valence electrons. The van der Waals surface area contributed by atoms with Crippen molar-refractivity contribution in [1.82, 2.24) is 4.98 Å². The first-order valence-electron chi connectivity index (χ1n) is 7.65. The molecule has 1 amide bonds. The molecule has 1 aliphatic heterocycles. The highest BCUT2D eigenvalue weighted by molar-refractivity contribution is 6.31. The molecule has 22 heavy (non-hydrogen) atoms. The second kappa shape index (κ2) is 6.09. The van der Waals surface area contributed by atoms with Gasteiger partial charge in [0.05, 0.1) is 5.69 Å². The minimum absolute atomic E-state index is 0.0608. The third kappa shape index (κ3) is 2.61. The Morgan fingerprint density at radius 1 is 1.41 bits per heavy atom. The Bertz CT molecular complexity index is 727. The molecule has 4 heteroatoms. The standard InChI is InChI=1S/C18H19ClN2O/c1-3-13-11-20-7-6-16(13)18(22)21-8-4-5-14-10-15(19)9-12(2)17(14)21/h6-7,9-11H,3-5,8H2,1-2H3. The molecule has 0 saturated heterocycles. The van der Waals surface area contributed by atoms with Crippen molar-refractivity contribution in [3.05, 3.63) is 57.9 Å². The molecule has 0 aliphatic carbocycles. The number of anilines is 1. The minimum Gasteiger partial charge on any atom is -0.308 e. The molecule has 0 saturated carbocycles. The van der Waals surface area contributed by atoms with E-state index in [1.54, 1.807) is 12.4 Å². The van der Waals surface area contributed by atoms with E-state index >= 15 is 0 Å². The van der Waals surface area contributed by atoms with Crippen molar-refractivity contribution in [2.75, 3.05) is 11.4 Å². The number of nitrogens with zero attached hydrogens (tertiary/aromatic N) is 2. The van der Waals surface area contributed by atoms with Gasteiger partial charge in [0.25, 0.3) is 5.91 Å². The lowest BCUT2D eigenvalue weighted by Gasteiger charge is -2.31. The predicted octanol–water partition coefficient (Wildman–Crippen LogP) is 4.20. The molecule has 0 spiro atoms. The summed E-state index contributed by atoms with van der Waals surface area (Å²) in [6, 6.07) is 5.73. The Morgan fingerprint density at radius 2 is 2.23 bits per heavy atom. The van der Waals surface area contributed by atoms with Gasteiger partial charge in [0.1, 0.15) is 0 Å². The lowest BCUT2D eigenvalue weighted by atomic mass is 9.96. The molecule has 2 heterocycles. The maximum absolute atomic E-state index is 13.0. The summed E-state index contributed by atoms with van der Waals surface area (Å²) in [5, 5.41) is 0.740. The van der Waals surface area contributed by atoms with Crippen molar-refractivity contribution in [3.63, 3.8) is 0 Å². The van der Waals surface area contributed by atoms with Crippen molar-refractivity contribution in [1.29, 1.82) is 0 Å². The zero-order chi connectivity index (χ0) is 15.7. The SMILES string of the molecule is CCc1cnccc1C(=O)N1CCCc2cc(Cl)cc(C)c21. The van der Waals surface area contributed by atoms with E-state index in [0.717, 1.165) is 58.8 Å². The molecule has 1 aromatic heterocycles. The number of amides is 1. The van der Waals surface area contributed by atoms with Gasteiger partial charge in [0.15, 0.2) is 0 Å². The van der Waals surface area contributed by atoms with Gasteiger partial charge in [-0.2, -0.15) is 0 Å². The topological polar surface area (TPSA) is 33.2 Å². The average Bonchev–Trinajstić information content (AvgIpc) is 2.53. The van der Waals surface area contributed by atoms with Crippen molar-refractivity contribution < 1.29 is 4.79 Å². The van der Waals surface area contributed by atoms with Crippen LogP contribution in [-0.4, -0.2) is 17.4 Å². The normalized spacial score (nSPS) is 13.9. The summed E-state index contributed by atoms with van der Waals surface area (Å²) in [7, 11) is 0. The first-order valence-corrected chi connectivity index (χ1v) is 8.03. The van der Waals surface area contributed by atoms with Gasteiger partial charge in [-0.25, -0.2) is 0 Å². The number of fused-ring (bicyclic) bond motifs is 1. The zero-order valence-electron chi connectivity index (χ0n) is 12.9. The van der Waals surface area contributed by atoms with Crippen LogP contribution in [0.15, 0.2) is 30.6 Å². The Hall–Kier alpha value is -1.87. The Kier molecular flexibility index (Phi) is 4.16. The van der Waals surface area contributed by atoms with Gasteiger partial charge in [-0.15, -0.1) is 0 Å². The summed E-state index contributed by atoms with van der Waals surface area (Å²) in [5.74, 6) is 0.0608. The number of hydrogen-bond acceptors (Lipinski definition) is 2. The Morgan fingerprint density at radius 3 is 3.00 bits per heavy atom. The highest BCUT2D eigenvalue weighted by Crippen LogP contribution is 2.34. The van der Waals surface area contributed by atoms with E-state index in [-0.39, 0.29) is 5.91 Å². The smallest absolute Gasteiger partial charge is 0.258 e. The highest BCUT2D eigenvalue weighted by Gasteiger charge is 2.26. The summed E-state index contributed by atoms with van der Waals surface area (Å²) in [6.07, 6.45) is 6.20. The number of carbonyl (C=O) groups excluding carboxylic acids is 1. The van der Waals surface area contributed by atoms with Crippen LogP contribution in [0.1, 0.15) is 40.4 Å². The number of aromatic nitrogens is 1. The molecule has 0 fully saturated rings. The Labute approximate surface area is 135 Å². The van der Waals surface area contributed by atoms with E-state index in [1.165, 1.54) is 0 Å². The van der Waals surface area contributed by atoms with E-state index in [4.69, 9.17) is 11.6 Å². The fourth-order valence-electron chi connectivity index (χ4n) is 3.19. The van der Waals surface area contributed by atoms with Crippen LogP contribution in [0.25, 0.3) is 0 Å². The fraction of sp³-hybridized carbons (Fsp3) is 0.333. The molecular formula is C18H19ClN2O. The molecule has 2 aromatic rings.